The molecule has 2 unspecified atom stereocenters. The van der Waals surface area contributed by atoms with E-state index in [-0.39, 0.29) is 18.0 Å². The number of carbonyl (C=O) groups is 1. The molecule has 0 bridgehead atoms. The first-order chi connectivity index (χ1) is 11.3. The van der Waals surface area contributed by atoms with Crippen LogP contribution in [0.3, 0.4) is 0 Å². The number of alkyl halides is 3. The second-order valence-corrected chi connectivity index (χ2v) is 7.39. The Labute approximate surface area is 143 Å². The highest BCUT2D eigenvalue weighted by molar-refractivity contribution is 5.74. The monoisotopic (exact) mass is 359 g/mol. The van der Waals surface area contributed by atoms with E-state index in [2.05, 4.69) is 0 Å². The van der Waals surface area contributed by atoms with Crippen LogP contribution in [0, 0.1) is 17.2 Å². The van der Waals surface area contributed by atoms with Gasteiger partial charge in [-0.05, 0) is 23.1 Å². The van der Waals surface area contributed by atoms with E-state index in [4.69, 9.17) is 0 Å². The van der Waals surface area contributed by atoms with E-state index < -0.39 is 35.1 Å². The molecule has 1 heterocycles. The summed E-state index contributed by atoms with van der Waals surface area (Å²) in [5.41, 5.74) is -0.847. The molecule has 2 rings (SSSR count). The zero-order chi connectivity index (χ0) is 19.2. The van der Waals surface area contributed by atoms with Crippen LogP contribution >= 0.6 is 0 Å². The molecule has 2 atom stereocenters. The lowest BCUT2D eigenvalue weighted by molar-refractivity contribution is -0.137. The number of benzene rings is 1. The van der Waals surface area contributed by atoms with E-state index in [1.165, 1.54) is 4.90 Å². The molecule has 7 heteroatoms. The van der Waals surface area contributed by atoms with Gasteiger partial charge in [-0.15, -0.1) is 0 Å². The van der Waals surface area contributed by atoms with Crippen LogP contribution in [0.2, 0.25) is 0 Å². The van der Waals surface area contributed by atoms with Gasteiger partial charge < -0.3 is 10.0 Å². The van der Waals surface area contributed by atoms with E-state index in [0.717, 1.165) is 12.1 Å². The molecule has 0 radical (unpaired) electrons. The zero-order valence-electron chi connectivity index (χ0n) is 14.5. The second kappa shape index (κ2) is 6.35. The van der Waals surface area contributed by atoms with E-state index >= 15 is 0 Å². The third kappa shape index (κ3) is 3.80. The molecule has 1 N–H and O–H groups in total. The Morgan fingerprint density at radius 1 is 1.24 bits per heavy atom. The van der Waals surface area contributed by atoms with Gasteiger partial charge in [-0.3, -0.25) is 0 Å². The quantitative estimate of drug-likeness (QED) is 0.694. The van der Waals surface area contributed by atoms with Gasteiger partial charge in [-0.1, -0.05) is 39.8 Å². The van der Waals surface area contributed by atoms with E-state index in [1.54, 1.807) is 13.0 Å². The number of hydrogen-bond acceptors (Lipinski definition) is 1. The molecular formula is C18H21F4NO2. The van der Waals surface area contributed by atoms with Crippen molar-refractivity contribution in [3.05, 3.63) is 41.2 Å². The van der Waals surface area contributed by atoms with Gasteiger partial charge in [0, 0.05) is 24.1 Å². The van der Waals surface area contributed by atoms with Crippen LogP contribution in [0.15, 0.2) is 24.3 Å². The number of rotatable bonds is 1. The van der Waals surface area contributed by atoms with Crippen LogP contribution in [0.4, 0.5) is 22.4 Å². The van der Waals surface area contributed by atoms with Gasteiger partial charge in [0.05, 0.1) is 5.56 Å². The van der Waals surface area contributed by atoms with Crippen molar-refractivity contribution in [2.75, 3.05) is 6.54 Å². The minimum Gasteiger partial charge on any atom is -0.465 e. The van der Waals surface area contributed by atoms with Crippen molar-refractivity contribution in [2.45, 2.75) is 39.9 Å². The minimum absolute atomic E-state index is 0.0669. The van der Waals surface area contributed by atoms with Crippen molar-refractivity contribution in [3.8, 4) is 0 Å². The first-order valence-electron chi connectivity index (χ1n) is 7.90. The lowest BCUT2D eigenvalue weighted by atomic mass is 9.72. The van der Waals surface area contributed by atoms with Gasteiger partial charge in [-0.2, -0.15) is 13.2 Å². The van der Waals surface area contributed by atoms with Gasteiger partial charge in [0.2, 0.25) is 0 Å². The molecule has 1 amide bonds. The number of halogens is 4. The summed E-state index contributed by atoms with van der Waals surface area (Å²) in [7, 11) is 0. The standard InChI is InChI=1S/C18H21F4NO2/c1-10-12(7-8-23(16(24)25)15(10)17(2,3)4)13-6-5-11(9-14(13)19)18(20,21)22/h5-7,9-10,15H,8H2,1-4H3,(H,24,25). The molecule has 1 aliphatic rings. The number of amides is 1. The number of nitrogens with zero attached hydrogens (tertiary/aromatic N) is 1. The molecule has 138 valence electrons. The molecule has 1 aromatic rings. The van der Waals surface area contributed by atoms with Gasteiger partial charge in [0.25, 0.3) is 0 Å². The third-order valence-corrected chi connectivity index (χ3v) is 4.55. The maximum atomic E-state index is 14.3. The fourth-order valence-corrected chi connectivity index (χ4v) is 3.63. The first-order valence-corrected chi connectivity index (χ1v) is 7.90. The molecular weight excluding hydrogens is 338 g/mol. The molecule has 25 heavy (non-hydrogen) atoms. The predicted octanol–water partition coefficient (Wildman–Crippen LogP) is 5.27. The summed E-state index contributed by atoms with van der Waals surface area (Å²) in [6.45, 7) is 7.49. The third-order valence-electron chi connectivity index (χ3n) is 4.55. The highest BCUT2D eigenvalue weighted by Gasteiger charge is 2.41. The van der Waals surface area contributed by atoms with E-state index in [9.17, 15) is 27.5 Å². The van der Waals surface area contributed by atoms with Crippen LogP contribution in [0.1, 0.15) is 38.8 Å². The smallest absolute Gasteiger partial charge is 0.416 e. The Balaban J connectivity index is 2.48. The Kier molecular flexibility index (Phi) is 4.90. The minimum atomic E-state index is -4.61. The van der Waals surface area contributed by atoms with Gasteiger partial charge in [-0.25, -0.2) is 9.18 Å². The zero-order valence-corrected chi connectivity index (χ0v) is 14.5. The van der Waals surface area contributed by atoms with Gasteiger partial charge in [0.15, 0.2) is 0 Å². The summed E-state index contributed by atoms with van der Waals surface area (Å²) < 4.78 is 52.5. The second-order valence-electron chi connectivity index (χ2n) is 7.39. The largest absolute Gasteiger partial charge is 0.465 e. The van der Waals surface area contributed by atoms with Crippen molar-refractivity contribution in [1.29, 1.82) is 0 Å². The highest BCUT2D eigenvalue weighted by Crippen LogP contribution is 2.41. The van der Waals surface area contributed by atoms with Crippen molar-refractivity contribution in [3.63, 3.8) is 0 Å². The average Bonchev–Trinajstić information content (AvgIpc) is 2.44. The number of hydrogen-bond donors (Lipinski definition) is 1. The van der Waals surface area contributed by atoms with Crippen molar-refractivity contribution >= 4 is 11.7 Å². The van der Waals surface area contributed by atoms with Crippen molar-refractivity contribution in [2.24, 2.45) is 11.3 Å². The lowest BCUT2D eigenvalue weighted by Crippen LogP contribution is -2.52. The molecule has 0 saturated carbocycles. The highest BCUT2D eigenvalue weighted by atomic mass is 19.4. The summed E-state index contributed by atoms with van der Waals surface area (Å²) in [6, 6.07) is 2.03. The molecule has 0 aliphatic carbocycles. The van der Waals surface area contributed by atoms with E-state index in [0.29, 0.717) is 11.6 Å². The molecule has 3 nitrogen and oxygen atoms in total. The molecule has 0 saturated heterocycles. The molecule has 1 aliphatic heterocycles. The van der Waals surface area contributed by atoms with Gasteiger partial charge >= 0.3 is 12.3 Å². The summed E-state index contributed by atoms with van der Waals surface area (Å²) in [6.07, 6.45) is -4.11. The fraction of sp³-hybridized carbons (Fsp3) is 0.500. The normalized spacial score (nSPS) is 21.9. The molecule has 0 fully saturated rings. The fourth-order valence-electron chi connectivity index (χ4n) is 3.63. The molecule has 1 aromatic carbocycles. The van der Waals surface area contributed by atoms with Crippen LogP contribution in [-0.2, 0) is 6.18 Å². The van der Waals surface area contributed by atoms with Crippen LogP contribution in [0.25, 0.3) is 5.57 Å². The lowest BCUT2D eigenvalue weighted by Gasteiger charge is -2.45. The maximum absolute atomic E-state index is 14.3. The maximum Gasteiger partial charge on any atom is 0.416 e. The molecule has 0 aromatic heterocycles. The van der Waals surface area contributed by atoms with Crippen molar-refractivity contribution < 1.29 is 27.5 Å². The van der Waals surface area contributed by atoms with Crippen LogP contribution < -0.4 is 0 Å². The predicted molar refractivity (Wildman–Crippen MR) is 86.5 cm³/mol. The van der Waals surface area contributed by atoms with Crippen LogP contribution in [-0.4, -0.2) is 28.7 Å². The Morgan fingerprint density at radius 2 is 1.84 bits per heavy atom. The summed E-state index contributed by atoms with van der Waals surface area (Å²) >= 11 is 0. The number of carboxylic acid groups (broad SMARTS) is 1. The Morgan fingerprint density at radius 3 is 2.28 bits per heavy atom. The van der Waals surface area contributed by atoms with Crippen molar-refractivity contribution in [1.82, 2.24) is 4.90 Å². The summed E-state index contributed by atoms with van der Waals surface area (Å²) in [4.78, 5) is 12.8. The van der Waals surface area contributed by atoms with Crippen LogP contribution in [0.5, 0.6) is 0 Å². The topological polar surface area (TPSA) is 40.5 Å². The Bertz CT molecular complexity index is 704. The Hall–Kier alpha value is -2.05. The van der Waals surface area contributed by atoms with Gasteiger partial charge in [0.1, 0.15) is 5.82 Å². The average molecular weight is 359 g/mol. The summed E-state index contributed by atoms with van der Waals surface area (Å²) in [5.74, 6) is -1.32. The molecule has 0 spiro atoms. The SMILES string of the molecule is CC1C(c2ccc(C(F)(F)F)cc2F)=CCN(C(=O)O)C1C(C)(C)C. The first kappa shape index (κ1) is 19.3. The van der Waals surface area contributed by atoms with E-state index in [1.807, 2.05) is 20.8 Å². The summed E-state index contributed by atoms with van der Waals surface area (Å²) in [5, 5.41) is 9.42.